The van der Waals surface area contributed by atoms with E-state index in [1.54, 1.807) is 18.6 Å². The highest BCUT2D eigenvalue weighted by molar-refractivity contribution is 5.83. The predicted molar refractivity (Wildman–Crippen MR) is 96.6 cm³/mol. The van der Waals surface area contributed by atoms with Gasteiger partial charge < -0.3 is 14.8 Å². The number of hydrogen-bond acceptors (Lipinski definition) is 6. The summed E-state index contributed by atoms with van der Waals surface area (Å²) in [5.74, 6) is 0.491. The van der Waals surface area contributed by atoms with E-state index in [0.29, 0.717) is 45.3 Å². The van der Waals surface area contributed by atoms with Crippen LogP contribution < -0.4 is 10.1 Å². The lowest BCUT2D eigenvalue weighted by Crippen LogP contribution is -2.45. The maximum absolute atomic E-state index is 13.0. The molecule has 26 heavy (non-hydrogen) atoms. The number of nitrogens with zero attached hydrogens (tertiary/aromatic N) is 3. The fourth-order valence-electron chi connectivity index (χ4n) is 3.01. The van der Waals surface area contributed by atoms with Crippen LogP contribution in [0.2, 0.25) is 0 Å². The standard InChI is InChI=1S/C19H24N4O3/c1-2-26-19-16(6-4-8-21-19)14-22-18(24)17(15-5-3-7-20-13-15)23-9-11-25-12-10-23/h3-8,13,17H,2,9-12,14H2,1H3,(H,22,24)/t17-/m1/s1. The summed E-state index contributed by atoms with van der Waals surface area (Å²) in [6.45, 7) is 5.48. The number of carbonyl (C=O) groups is 1. The topological polar surface area (TPSA) is 76.6 Å². The van der Waals surface area contributed by atoms with Crippen molar-refractivity contribution in [2.75, 3.05) is 32.9 Å². The molecule has 1 fully saturated rings. The minimum absolute atomic E-state index is 0.0637. The molecule has 1 amide bonds. The molecule has 0 spiro atoms. The van der Waals surface area contributed by atoms with Gasteiger partial charge in [-0.2, -0.15) is 0 Å². The summed E-state index contributed by atoms with van der Waals surface area (Å²) in [6.07, 6.45) is 5.14. The first-order valence-electron chi connectivity index (χ1n) is 8.85. The lowest BCUT2D eigenvalue weighted by atomic mass is 10.1. The minimum Gasteiger partial charge on any atom is -0.478 e. The number of morpholine rings is 1. The molecule has 138 valence electrons. The van der Waals surface area contributed by atoms with Crippen molar-refractivity contribution < 1.29 is 14.3 Å². The van der Waals surface area contributed by atoms with E-state index in [4.69, 9.17) is 9.47 Å². The molecule has 3 rings (SSSR count). The van der Waals surface area contributed by atoms with E-state index in [-0.39, 0.29) is 11.9 Å². The van der Waals surface area contributed by atoms with Crippen molar-refractivity contribution in [2.45, 2.75) is 19.5 Å². The summed E-state index contributed by atoms with van der Waals surface area (Å²) >= 11 is 0. The first-order chi connectivity index (χ1) is 12.8. The maximum atomic E-state index is 13.0. The number of hydrogen-bond donors (Lipinski definition) is 1. The third kappa shape index (κ3) is 4.56. The van der Waals surface area contributed by atoms with Crippen LogP contribution in [0.4, 0.5) is 0 Å². The zero-order valence-electron chi connectivity index (χ0n) is 14.9. The summed E-state index contributed by atoms with van der Waals surface area (Å²) in [6, 6.07) is 7.14. The van der Waals surface area contributed by atoms with Crippen molar-refractivity contribution in [1.82, 2.24) is 20.2 Å². The van der Waals surface area contributed by atoms with Crippen LogP contribution in [-0.2, 0) is 16.1 Å². The van der Waals surface area contributed by atoms with Gasteiger partial charge >= 0.3 is 0 Å². The Kier molecular flexibility index (Phi) is 6.51. The van der Waals surface area contributed by atoms with E-state index in [9.17, 15) is 4.79 Å². The van der Waals surface area contributed by atoms with E-state index in [0.717, 1.165) is 11.1 Å². The van der Waals surface area contributed by atoms with Crippen LogP contribution in [0, 0.1) is 0 Å². The van der Waals surface area contributed by atoms with E-state index < -0.39 is 0 Å². The second kappa shape index (κ2) is 9.26. The smallest absolute Gasteiger partial charge is 0.242 e. The van der Waals surface area contributed by atoms with Gasteiger partial charge in [0, 0.05) is 43.8 Å². The fraction of sp³-hybridized carbons (Fsp3) is 0.421. The van der Waals surface area contributed by atoms with Crippen LogP contribution >= 0.6 is 0 Å². The summed E-state index contributed by atoms with van der Waals surface area (Å²) in [5.41, 5.74) is 1.73. The van der Waals surface area contributed by atoms with Gasteiger partial charge in [0.2, 0.25) is 11.8 Å². The summed E-state index contributed by atoms with van der Waals surface area (Å²) in [7, 11) is 0. The molecule has 0 saturated carbocycles. The molecule has 1 atom stereocenters. The lowest BCUT2D eigenvalue weighted by molar-refractivity contribution is -0.128. The molecule has 1 aliphatic rings. The molecule has 1 N–H and O–H groups in total. The van der Waals surface area contributed by atoms with Gasteiger partial charge in [-0.1, -0.05) is 12.1 Å². The van der Waals surface area contributed by atoms with E-state index in [1.807, 2.05) is 31.2 Å². The van der Waals surface area contributed by atoms with Crippen LogP contribution in [0.5, 0.6) is 5.88 Å². The molecule has 2 aromatic rings. The van der Waals surface area contributed by atoms with Crippen LogP contribution in [0.15, 0.2) is 42.9 Å². The number of carbonyl (C=O) groups excluding carboxylic acids is 1. The zero-order valence-corrected chi connectivity index (χ0v) is 14.9. The van der Waals surface area contributed by atoms with Gasteiger partial charge in [-0.15, -0.1) is 0 Å². The van der Waals surface area contributed by atoms with E-state index in [1.165, 1.54) is 0 Å². The average Bonchev–Trinajstić information content (AvgIpc) is 2.69. The van der Waals surface area contributed by atoms with Crippen LogP contribution in [0.3, 0.4) is 0 Å². The molecule has 7 nitrogen and oxygen atoms in total. The molecule has 0 unspecified atom stereocenters. The Hall–Kier alpha value is -2.51. The minimum atomic E-state index is -0.389. The van der Waals surface area contributed by atoms with E-state index in [2.05, 4.69) is 20.2 Å². The molecule has 3 heterocycles. The van der Waals surface area contributed by atoms with Gasteiger partial charge in [0.05, 0.1) is 19.8 Å². The second-order valence-corrected chi connectivity index (χ2v) is 5.96. The van der Waals surface area contributed by atoms with Crippen molar-refractivity contribution in [3.8, 4) is 5.88 Å². The molecule has 0 bridgehead atoms. The average molecular weight is 356 g/mol. The fourth-order valence-corrected chi connectivity index (χ4v) is 3.01. The number of nitrogens with one attached hydrogen (secondary N) is 1. The van der Waals surface area contributed by atoms with Gasteiger partial charge in [-0.05, 0) is 24.6 Å². The zero-order chi connectivity index (χ0) is 18.2. The Bertz CT molecular complexity index is 705. The summed E-state index contributed by atoms with van der Waals surface area (Å²) < 4.78 is 11.0. The quantitative estimate of drug-likeness (QED) is 0.811. The molecular formula is C19H24N4O3. The Labute approximate surface area is 153 Å². The SMILES string of the molecule is CCOc1ncccc1CNC(=O)[C@@H](c1cccnc1)N1CCOCC1. The van der Waals surface area contributed by atoms with Crippen LogP contribution in [-0.4, -0.2) is 53.7 Å². The molecule has 0 aliphatic carbocycles. The molecular weight excluding hydrogens is 332 g/mol. The number of rotatable bonds is 7. The monoisotopic (exact) mass is 356 g/mol. The van der Waals surface area contributed by atoms with Gasteiger partial charge in [0.1, 0.15) is 6.04 Å². The Morgan fingerprint density at radius 3 is 2.85 bits per heavy atom. The first kappa shape index (κ1) is 18.3. The molecule has 7 heteroatoms. The van der Waals surface area contributed by atoms with Crippen LogP contribution in [0.25, 0.3) is 0 Å². The van der Waals surface area contributed by atoms with Crippen LogP contribution in [0.1, 0.15) is 24.1 Å². The lowest BCUT2D eigenvalue weighted by Gasteiger charge is -2.33. The summed E-state index contributed by atoms with van der Waals surface area (Å²) in [5, 5.41) is 3.02. The Balaban J connectivity index is 1.73. The maximum Gasteiger partial charge on any atom is 0.242 e. The third-order valence-electron chi connectivity index (χ3n) is 4.24. The molecule has 2 aromatic heterocycles. The van der Waals surface area contributed by atoms with Crippen molar-refractivity contribution in [3.63, 3.8) is 0 Å². The number of amides is 1. The number of pyridine rings is 2. The molecule has 1 aliphatic heterocycles. The first-order valence-corrected chi connectivity index (χ1v) is 8.85. The van der Waals surface area contributed by atoms with Gasteiger partial charge in [0.15, 0.2) is 0 Å². The normalized spacial score (nSPS) is 16.0. The summed E-state index contributed by atoms with van der Waals surface area (Å²) in [4.78, 5) is 23.5. The van der Waals surface area contributed by atoms with Gasteiger partial charge in [-0.3, -0.25) is 14.7 Å². The highest BCUT2D eigenvalue weighted by Gasteiger charge is 2.29. The highest BCUT2D eigenvalue weighted by Crippen LogP contribution is 2.22. The largest absolute Gasteiger partial charge is 0.478 e. The highest BCUT2D eigenvalue weighted by atomic mass is 16.5. The predicted octanol–water partition coefficient (Wildman–Crippen LogP) is 1.56. The Morgan fingerprint density at radius 1 is 1.31 bits per heavy atom. The second-order valence-electron chi connectivity index (χ2n) is 5.96. The van der Waals surface area contributed by atoms with Gasteiger partial charge in [-0.25, -0.2) is 4.98 Å². The van der Waals surface area contributed by atoms with Crippen molar-refractivity contribution in [2.24, 2.45) is 0 Å². The van der Waals surface area contributed by atoms with Crippen molar-refractivity contribution in [3.05, 3.63) is 54.0 Å². The van der Waals surface area contributed by atoms with Gasteiger partial charge in [0.25, 0.3) is 0 Å². The molecule has 0 aromatic carbocycles. The number of ether oxygens (including phenoxy) is 2. The Morgan fingerprint density at radius 2 is 2.12 bits per heavy atom. The van der Waals surface area contributed by atoms with E-state index >= 15 is 0 Å². The molecule has 1 saturated heterocycles. The third-order valence-corrected chi connectivity index (χ3v) is 4.24. The van der Waals surface area contributed by atoms with Crippen molar-refractivity contribution >= 4 is 5.91 Å². The van der Waals surface area contributed by atoms with Crippen molar-refractivity contribution in [1.29, 1.82) is 0 Å². The number of aromatic nitrogens is 2. The molecule has 0 radical (unpaired) electrons.